The number of aliphatic hydroxyl groups is 2. The second-order valence-corrected chi connectivity index (χ2v) is 9.43. The van der Waals surface area contributed by atoms with Crippen LogP contribution in [-0.2, 0) is 4.79 Å². The van der Waals surface area contributed by atoms with Crippen molar-refractivity contribution in [3.05, 3.63) is 83.2 Å². The Morgan fingerprint density at radius 3 is 2.38 bits per heavy atom. The Bertz CT molecular complexity index is 1010. The molecule has 0 bridgehead atoms. The van der Waals surface area contributed by atoms with Gasteiger partial charge in [0, 0.05) is 16.1 Å². The van der Waals surface area contributed by atoms with Crippen molar-refractivity contribution < 1.29 is 24.5 Å². The lowest BCUT2D eigenvalue weighted by atomic mass is 9.82. The number of aliphatic hydroxyl groups excluding tert-OH is 2. The van der Waals surface area contributed by atoms with E-state index < -0.39 is 24.6 Å². The van der Waals surface area contributed by atoms with E-state index in [1.165, 1.54) is 12.1 Å². The van der Waals surface area contributed by atoms with Crippen LogP contribution in [0.2, 0.25) is 0 Å². The number of rotatable bonds is 9. The van der Waals surface area contributed by atoms with Crippen molar-refractivity contribution >= 4 is 23.3 Å². The van der Waals surface area contributed by atoms with Crippen molar-refractivity contribution in [1.29, 1.82) is 0 Å². The first-order chi connectivity index (χ1) is 15.3. The molecule has 1 aliphatic rings. The topological polar surface area (TPSA) is 77.8 Å². The molecule has 3 N–H and O–H groups in total. The summed E-state index contributed by atoms with van der Waals surface area (Å²) in [6.07, 6.45) is 2.64. The minimum absolute atomic E-state index is 0.0586. The summed E-state index contributed by atoms with van der Waals surface area (Å²) in [6, 6.07) is 14.6. The Morgan fingerprint density at radius 1 is 1.09 bits per heavy atom. The van der Waals surface area contributed by atoms with E-state index in [-0.39, 0.29) is 17.0 Å². The Kier molecular flexibility index (Phi) is 7.93. The second-order valence-electron chi connectivity index (χ2n) is 8.01. The predicted octanol–water partition coefficient (Wildman–Crippen LogP) is 5.43. The minimum atomic E-state index is -1.12. The number of benzene rings is 2. The summed E-state index contributed by atoms with van der Waals surface area (Å²) in [7, 11) is 0. The quantitative estimate of drug-likeness (QED) is 0.469. The number of fused-ring (bicyclic) bond motifs is 1. The van der Waals surface area contributed by atoms with Crippen LogP contribution in [0.4, 0.5) is 4.39 Å². The molecule has 0 saturated carbocycles. The van der Waals surface area contributed by atoms with Crippen molar-refractivity contribution in [1.82, 2.24) is 0 Å². The lowest BCUT2D eigenvalue weighted by Crippen LogP contribution is -2.29. The van der Waals surface area contributed by atoms with Crippen LogP contribution < -0.4 is 0 Å². The van der Waals surface area contributed by atoms with Crippen LogP contribution in [-0.4, -0.2) is 38.2 Å². The van der Waals surface area contributed by atoms with Gasteiger partial charge >= 0.3 is 5.97 Å². The lowest BCUT2D eigenvalue weighted by Gasteiger charge is -2.39. The number of carboxylic acids is 1. The third-order valence-electron chi connectivity index (χ3n) is 5.91. The van der Waals surface area contributed by atoms with Gasteiger partial charge in [0.1, 0.15) is 5.82 Å². The van der Waals surface area contributed by atoms with E-state index in [1.54, 1.807) is 30.0 Å². The zero-order valence-electron chi connectivity index (χ0n) is 18.3. The summed E-state index contributed by atoms with van der Waals surface area (Å²) >= 11 is 1.80. The van der Waals surface area contributed by atoms with Crippen molar-refractivity contribution in [2.75, 3.05) is 0 Å². The van der Waals surface area contributed by atoms with Crippen molar-refractivity contribution in [2.24, 2.45) is 0 Å². The summed E-state index contributed by atoms with van der Waals surface area (Å²) in [5.74, 6) is -1.41. The highest BCUT2D eigenvalue weighted by molar-refractivity contribution is 8.01. The summed E-state index contributed by atoms with van der Waals surface area (Å²) in [6.45, 7) is 4.27. The van der Waals surface area contributed by atoms with Crippen molar-refractivity contribution in [3.8, 4) is 0 Å². The van der Waals surface area contributed by atoms with Crippen LogP contribution in [0, 0.1) is 5.82 Å². The van der Waals surface area contributed by atoms with Gasteiger partial charge in [-0.3, -0.25) is 4.79 Å². The molecule has 0 radical (unpaired) electrons. The number of carboxylic acid groups (broad SMARTS) is 1. The predicted molar refractivity (Wildman–Crippen MR) is 126 cm³/mol. The van der Waals surface area contributed by atoms with Gasteiger partial charge in [-0.15, -0.1) is 11.8 Å². The maximum Gasteiger partial charge on any atom is 0.305 e. The van der Waals surface area contributed by atoms with Crippen molar-refractivity contribution in [2.45, 2.75) is 61.4 Å². The van der Waals surface area contributed by atoms with E-state index >= 15 is 0 Å². The molecule has 6 heteroatoms. The first kappa shape index (κ1) is 24.2. The van der Waals surface area contributed by atoms with E-state index in [2.05, 4.69) is 26.0 Å². The molecule has 2 aromatic carbocycles. The molecular formula is C26H29FO4S. The number of hydrogen-bond acceptors (Lipinski definition) is 4. The van der Waals surface area contributed by atoms with Gasteiger partial charge in [0.2, 0.25) is 0 Å². The molecular weight excluding hydrogens is 427 g/mol. The van der Waals surface area contributed by atoms with E-state index in [0.717, 1.165) is 40.0 Å². The molecule has 1 aliphatic heterocycles. The van der Waals surface area contributed by atoms with Gasteiger partial charge in [0.25, 0.3) is 0 Å². The highest BCUT2D eigenvalue weighted by Crippen LogP contribution is 2.54. The number of thioether (sulfide) groups is 1. The van der Waals surface area contributed by atoms with Crippen LogP contribution in [0.25, 0.3) is 5.57 Å². The number of allylic oxidation sites excluding steroid dienone is 1. The number of hydrogen-bond donors (Lipinski definition) is 3. The third kappa shape index (κ3) is 5.31. The fraction of sp³-hybridized carbons (Fsp3) is 0.346. The van der Waals surface area contributed by atoms with E-state index in [9.17, 15) is 19.4 Å². The van der Waals surface area contributed by atoms with E-state index in [0.29, 0.717) is 0 Å². The van der Waals surface area contributed by atoms with Crippen LogP contribution in [0.15, 0.2) is 71.2 Å². The molecule has 170 valence electrons. The summed E-state index contributed by atoms with van der Waals surface area (Å²) in [5.41, 5.74) is 3.98. The molecule has 0 fully saturated rings. The molecule has 3 rings (SSSR count). The lowest BCUT2D eigenvalue weighted by molar-refractivity contribution is -0.139. The summed E-state index contributed by atoms with van der Waals surface area (Å²) in [5, 5.41) is 29.2. The average molecular weight is 457 g/mol. The molecule has 0 spiro atoms. The minimum Gasteiger partial charge on any atom is -0.481 e. The summed E-state index contributed by atoms with van der Waals surface area (Å²) in [4.78, 5) is 12.0. The molecule has 0 saturated heterocycles. The fourth-order valence-corrected chi connectivity index (χ4v) is 5.60. The molecule has 2 aromatic rings. The standard InChI is InChI=1S/C26H29FO4S/c1-3-26(4-2)22(14-13-19(28)15-20(29)16-24(30)31)25(17-9-11-18(27)12-10-17)21-7-5-6-8-23(21)32-26/h5-14,19-20,28-29H,3-4,15-16H2,1-2H3,(H,30,31)/b14-13+/t19-,20-/m1/s1. The smallest absolute Gasteiger partial charge is 0.305 e. The van der Waals surface area contributed by atoms with Crippen LogP contribution in [0.1, 0.15) is 50.7 Å². The molecule has 0 aromatic heterocycles. The molecule has 0 amide bonds. The van der Waals surface area contributed by atoms with E-state index in [4.69, 9.17) is 5.11 Å². The Balaban J connectivity index is 2.12. The average Bonchev–Trinajstić information content (AvgIpc) is 2.76. The first-order valence-electron chi connectivity index (χ1n) is 10.8. The Hall–Kier alpha value is -2.41. The van der Waals surface area contributed by atoms with Gasteiger partial charge < -0.3 is 15.3 Å². The fourth-order valence-electron chi connectivity index (χ4n) is 4.19. The highest BCUT2D eigenvalue weighted by Gasteiger charge is 2.38. The van der Waals surface area contributed by atoms with Crippen LogP contribution in [0.3, 0.4) is 0 Å². The highest BCUT2D eigenvalue weighted by atomic mass is 32.2. The van der Waals surface area contributed by atoms with Crippen LogP contribution in [0.5, 0.6) is 0 Å². The zero-order chi connectivity index (χ0) is 23.3. The largest absolute Gasteiger partial charge is 0.481 e. The van der Waals surface area contributed by atoms with E-state index in [1.807, 2.05) is 18.2 Å². The van der Waals surface area contributed by atoms with Gasteiger partial charge in [0.05, 0.1) is 18.6 Å². The molecule has 0 unspecified atom stereocenters. The van der Waals surface area contributed by atoms with Gasteiger partial charge in [-0.25, -0.2) is 4.39 Å². The maximum atomic E-state index is 13.7. The van der Waals surface area contributed by atoms with Gasteiger partial charge in [0.15, 0.2) is 0 Å². The number of halogens is 1. The van der Waals surface area contributed by atoms with Crippen molar-refractivity contribution in [3.63, 3.8) is 0 Å². The molecule has 1 heterocycles. The monoisotopic (exact) mass is 456 g/mol. The first-order valence-corrected chi connectivity index (χ1v) is 11.7. The molecule has 4 nitrogen and oxygen atoms in total. The Morgan fingerprint density at radius 2 is 1.75 bits per heavy atom. The SMILES string of the molecule is CCC1(CC)Sc2ccccc2C(c2ccc(F)cc2)=C1/C=C/[C@@H](O)C[C@@H](O)CC(=O)O. The maximum absolute atomic E-state index is 13.7. The van der Waals surface area contributed by atoms with Gasteiger partial charge in [-0.2, -0.15) is 0 Å². The molecule has 2 atom stereocenters. The third-order valence-corrected chi connectivity index (χ3v) is 7.67. The normalized spacial score (nSPS) is 17.3. The number of carbonyl (C=O) groups is 1. The molecule has 0 aliphatic carbocycles. The summed E-state index contributed by atoms with van der Waals surface area (Å²) < 4.78 is 13.4. The number of aliphatic carboxylic acids is 1. The second kappa shape index (κ2) is 10.5. The van der Waals surface area contributed by atoms with Crippen LogP contribution >= 0.6 is 11.8 Å². The van der Waals surface area contributed by atoms with Gasteiger partial charge in [-0.05, 0) is 53.3 Å². The Labute approximate surface area is 192 Å². The van der Waals surface area contributed by atoms with Gasteiger partial charge in [-0.1, -0.05) is 56.3 Å². The zero-order valence-corrected chi connectivity index (χ0v) is 19.1. The molecule has 32 heavy (non-hydrogen) atoms.